The Hall–Kier alpha value is -1.34. The van der Waals surface area contributed by atoms with E-state index in [0.29, 0.717) is 0 Å². The summed E-state index contributed by atoms with van der Waals surface area (Å²) in [5.74, 6) is -0.298. The van der Waals surface area contributed by atoms with Gasteiger partial charge in [0.05, 0.1) is 18.6 Å². The third-order valence-electron chi connectivity index (χ3n) is 3.01. The number of halogens is 1. The fourth-order valence-corrected chi connectivity index (χ4v) is 3.52. The van der Waals surface area contributed by atoms with Gasteiger partial charge in [-0.05, 0) is 31.5 Å². The Morgan fingerprint density at radius 3 is 2.95 bits per heavy atom. The van der Waals surface area contributed by atoms with Crippen molar-refractivity contribution in [1.82, 2.24) is 5.32 Å². The van der Waals surface area contributed by atoms with Crippen LogP contribution in [-0.4, -0.2) is 33.9 Å². The molecule has 1 saturated heterocycles. The minimum absolute atomic E-state index is 0.00747. The standard InChI is InChI=1S/C12H17FN2O3S/c1-18-12-7-9(13)4-5-11(12)15-19(16,17)8-10-3-2-6-14-10/h4-5,7,10,14-15H,2-3,6,8H2,1H3. The highest BCUT2D eigenvalue weighted by atomic mass is 32.2. The van der Waals surface area contributed by atoms with Gasteiger partial charge in [-0.25, -0.2) is 12.8 Å². The lowest BCUT2D eigenvalue weighted by molar-refractivity contribution is 0.413. The zero-order valence-corrected chi connectivity index (χ0v) is 11.5. The summed E-state index contributed by atoms with van der Waals surface area (Å²) in [6.45, 7) is 0.847. The van der Waals surface area contributed by atoms with Crippen molar-refractivity contribution < 1.29 is 17.5 Å². The van der Waals surface area contributed by atoms with Gasteiger partial charge < -0.3 is 10.1 Å². The van der Waals surface area contributed by atoms with Crippen molar-refractivity contribution >= 4 is 15.7 Å². The molecule has 1 aromatic carbocycles. The van der Waals surface area contributed by atoms with E-state index in [1.807, 2.05) is 0 Å². The summed E-state index contributed by atoms with van der Waals surface area (Å²) in [6, 6.07) is 3.66. The molecule has 1 aliphatic heterocycles. The lowest BCUT2D eigenvalue weighted by Crippen LogP contribution is -2.32. The zero-order valence-electron chi connectivity index (χ0n) is 10.6. The molecule has 2 rings (SSSR count). The van der Waals surface area contributed by atoms with Gasteiger partial charge in [-0.3, -0.25) is 4.72 Å². The topological polar surface area (TPSA) is 67.4 Å². The fourth-order valence-electron chi connectivity index (χ4n) is 2.12. The average Bonchev–Trinajstić information content (AvgIpc) is 2.83. The lowest BCUT2D eigenvalue weighted by atomic mass is 10.3. The third-order valence-corrected chi connectivity index (χ3v) is 4.38. The maximum Gasteiger partial charge on any atom is 0.234 e. The van der Waals surface area contributed by atoms with Crippen molar-refractivity contribution in [3.05, 3.63) is 24.0 Å². The molecule has 5 nitrogen and oxygen atoms in total. The largest absolute Gasteiger partial charge is 0.494 e. The highest BCUT2D eigenvalue weighted by Crippen LogP contribution is 2.26. The molecule has 7 heteroatoms. The predicted octanol–water partition coefficient (Wildman–Crippen LogP) is 1.33. The van der Waals surface area contributed by atoms with Crippen LogP contribution >= 0.6 is 0 Å². The second-order valence-electron chi connectivity index (χ2n) is 4.52. The first-order valence-corrected chi connectivity index (χ1v) is 7.73. The van der Waals surface area contributed by atoms with Crippen LogP contribution < -0.4 is 14.8 Å². The molecule has 1 heterocycles. The Balaban J connectivity index is 2.10. The van der Waals surface area contributed by atoms with Crippen LogP contribution in [0, 0.1) is 5.82 Å². The summed E-state index contributed by atoms with van der Waals surface area (Å²) in [4.78, 5) is 0. The number of anilines is 1. The van der Waals surface area contributed by atoms with Gasteiger partial charge >= 0.3 is 0 Å². The van der Waals surface area contributed by atoms with E-state index in [-0.39, 0.29) is 23.2 Å². The number of hydrogen-bond donors (Lipinski definition) is 2. The Morgan fingerprint density at radius 1 is 1.53 bits per heavy atom. The molecule has 1 aromatic rings. The van der Waals surface area contributed by atoms with Crippen molar-refractivity contribution in [1.29, 1.82) is 0 Å². The summed E-state index contributed by atoms with van der Waals surface area (Å²) in [5.41, 5.74) is 0.252. The van der Waals surface area contributed by atoms with E-state index >= 15 is 0 Å². The van der Waals surface area contributed by atoms with Crippen LogP contribution in [0.1, 0.15) is 12.8 Å². The van der Waals surface area contributed by atoms with Gasteiger partial charge in [0.15, 0.2) is 0 Å². The van der Waals surface area contributed by atoms with Gasteiger partial charge in [0.25, 0.3) is 0 Å². The molecule has 19 heavy (non-hydrogen) atoms. The number of methoxy groups -OCH3 is 1. The Labute approximate surface area is 112 Å². The molecule has 106 valence electrons. The summed E-state index contributed by atoms with van der Waals surface area (Å²) >= 11 is 0. The maximum absolute atomic E-state index is 13.0. The Kier molecular flexibility index (Phi) is 4.26. The number of hydrogen-bond acceptors (Lipinski definition) is 4. The number of ether oxygens (including phenoxy) is 1. The van der Waals surface area contributed by atoms with Crippen LogP contribution in [0.3, 0.4) is 0 Å². The zero-order chi connectivity index (χ0) is 13.9. The van der Waals surface area contributed by atoms with E-state index in [2.05, 4.69) is 10.0 Å². The van der Waals surface area contributed by atoms with Gasteiger partial charge in [-0.15, -0.1) is 0 Å². The molecule has 2 N–H and O–H groups in total. The molecule has 0 spiro atoms. The molecular formula is C12H17FN2O3S. The Bertz CT molecular complexity index is 542. The molecule has 0 aliphatic carbocycles. The van der Waals surface area contributed by atoms with E-state index in [0.717, 1.165) is 25.5 Å². The van der Waals surface area contributed by atoms with Crippen molar-refractivity contribution in [2.24, 2.45) is 0 Å². The first kappa shape index (κ1) is 14.1. The van der Waals surface area contributed by atoms with E-state index in [1.165, 1.54) is 19.2 Å². The molecule has 1 atom stereocenters. The predicted molar refractivity (Wildman–Crippen MR) is 71.4 cm³/mol. The monoisotopic (exact) mass is 288 g/mol. The van der Waals surface area contributed by atoms with Crippen molar-refractivity contribution in [3.8, 4) is 5.75 Å². The Morgan fingerprint density at radius 2 is 2.32 bits per heavy atom. The smallest absolute Gasteiger partial charge is 0.234 e. The number of rotatable bonds is 5. The van der Waals surface area contributed by atoms with Crippen LogP contribution in [0.5, 0.6) is 5.75 Å². The molecule has 0 aromatic heterocycles. The molecule has 0 saturated carbocycles. The van der Waals surface area contributed by atoms with Crippen molar-refractivity contribution in [2.45, 2.75) is 18.9 Å². The fraction of sp³-hybridized carbons (Fsp3) is 0.500. The quantitative estimate of drug-likeness (QED) is 0.857. The van der Waals surface area contributed by atoms with Crippen LogP contribution in [0.25, 0.3) is 0 Å². The normalized spacial score (nSPS) is 19.4. The molecule has 0 radical (unpaired) electrons. The number of sulfonamides is 1. The number of benzene rings is 1. The highest BCUT2D eigenvalue weighted by Gasteiger charge is 2.22. The summed E-state index contributed by atoms with van der Waals surface area (Å²) in [7, 11) is -2.11. The van der Waals surface area contributed by atoms with E-state index < -0.39 is 15.8 Å². The van der Waals surface area contributed by atoms with Gasteiger partial charge in [-0.2, -0.15) is 0 Å². The second-order valence-corrected chi connectivity index (χ2v) is 6.29. The molecule has 1 aliphatic rings. The van der Waals surface area contributed by atoms with Crippen LogP contribution in [0.4, 0.5) is 10.1 Å². The third kappa shape index (κ3) is 3.81. The summed E-state index contributed by atoms with van der Waals surface area (Å²) < 4.78 is 44.4. The van der Waals surface area contributed by atoms with Crippen LogP contribution in [-0.2, 0) is 10.0 Å². The minimum atomic E-state index is -3.48. The lowest BCUT2D eigenvalue weighted by Gasteiger charge is -2.14. The summed E-state index contributed by atoms with van der Waals surface area (Å²) in [6.07, 6.45) is 1.83. The van der Waals surface area contributed by atoms with Gasteiger partial charge in [-0.1, -0.05) is 0 Å². The van der Waals surface area contributed by atoms with E-state index in [1.54, 1.807) is 0 Å². The molecule has 1 fully saturated rings. The molecule has 0 bridgehead atoms. The van der Waals surface area contributed by atoms with Crippen LogP contribution in [0.2, 0.25) is 0 Å². The second kappa shape index (κ2) is 5.75. The average molecular weight is 288 g/mol. The summed E-state index contributed by atoms with van der Waals surface area (Å²) in [5, 5.41) is 3.13. The van der Waals surface area contributed by atoms with Gasteiger partial charge in [0, 0.05) is 12.1 Å². The van der Waals surface area contributed by atoms with Crippen molar-refractivity contribution in [2.75, 3.05) is 24.1 Å². The SMILES string of the molecule is COc1cc(F)ccc1NS(=O)(=O)CC1CCCN1. The molecule has 1 unspecified atom stereocenters. The molecule has 0 amide bonds. The number of nitrogens with one attached hydrogen (secondary N) is 2. The first-order valence-electron chi connectivity index (χ1n) is 6.07. The minimum Gasteiger partial charge on any atom is -0.494 e. The van der Waals surface area contributed by atoms with E-state index in [4.69, 9.17) is 4.74 Å². The first-order chi connectivity index (χ1) is 9.00. The van der Waals surface area contributed by atoms with Crippen LogP contribution in [0.15, 0.2) is 18.2 Å². The van der Waals surface area contributed by atoms with Gasteiger partial charge in [0.2, 0.25) is 10.0 Å². The highest BCUT2D eigenvalue weighted by molar-refractivity contribution is 7.92. The van der Waals surface area contributed by atoms with Crippen molar-refractivity contribution in [3.63, 3.8) is 0 Å². The van der Waals surface area contributed by atoms with E-state index in [9.17, 15) is 12.8 Å². The maximum atomic E-state index is 13.0. The molecular weight excluding hydrogens is 271 g/mol. The van der Waals surface area contributed by atoms with Gasteiger partial charge in [0.1, 0.15) is 11.6 Å².